The number of carbonyl (C=O) groups is 1. The Balaban J connectivity index is 0.00000188. The van der Waals surface area contributed by atoms with Crippen LogP contribution in [-0.2, 0) is 54.2 Å². The van der Waals surface area contributed by atoms with Crippen molar-refractivity contribution in [3.05, 3.63) is 88.0 Å². The lowest BCUT2D eigenvalue weighted by Gasteiger charge is -2.22. The molecule has 54 heavy (non-hydrogen) atoms. The maximum Gasteiger partial charge on any atom is 0.172 e. The Kier molecular flexibility index (Phi) is 26.2. The molecule has 0 heterocycles. The summed E-state index contributed by atoms with van der Waals surface area (Å²) in [6, 6.07) is 22.6. The van der Waals surface area contributed by atoms with Gasteiger partial charge in [0.25, 0.3) is 0 Å². The lowest BCUT2D eigenvalue weighted by molar-refractivity contribution is -0.305. The molecule has 0 amide bonds. The topological polar surface area (TPSA) is 40.1 Å². The van der Waals surface area contributed by atoms with Crippen LogP contribution in [0.5, 0.6) is 0 Å². The number of carboxylic acid groups (broad SMARTS) is 1. The third-order valence-electron chi connectivity index (χ3n) is 10.6. The fraction of sp³-hybridized carbons (Fsp3) is 0.627. The number of carbonyl (C=O) groups excluding carboxylic acids is 1. The minimum absolute atomic E-state index is 0.111. The Morgan fingerprint density at radius 3 is 0.981 bits per heavy atom. The van der Waals surface area contributed by atoms with Crippen molar-refractivity contribution in [1.29, 1.82) is 0 Å². The molecule has 0 N–H and O–H groups in total. The van der Waals surface area contributed by atoms with Crippen molar-refractivity contribution in [2.24, 2.45) is 0 Å². The molecule has 0 aliphatic rings. The van der Waals surface area contributed by atoms with E-state index >= 15 is 0 Å². The summed E-state index contributed by atoms with van der Waals surface area (Å²) in [5.41, 5.74) is 9.90. The van der Waals surface area contributed by atoms with Gasteiger partial charge in [0.05, 0.1) is 0 Å². The van der Waals surface area contributed by atoms with E-state index in [1.54, 1.807) is 43.2 Å². The van der Waals surface area contributed by atoms with Crippen LogP contribution in [0.15, 0.2) is 69.3 Å². The molecule has 0 aromatic heterocycles. The Labute approximate surface area is 337 Å². The van der Waals surface area contributed by atoms with E-state index in [0.717, 1.165) is 0 Å². The maximum absolute atomic E-state index is 9.26. The van der Waals surface area contributed by atoms with E-state index in [1.165, 1.54) is 166 Å². The third-order valence-corrected chi connectivity index (χ3v) is 13.2. The summed E-state index contributed by atoms with van der Waals surface area (Å²) < 4.78 is 0. The number of aliphatic carboxylic acids is 1. The third kappa shape index (κ3) is 17.5. The monoisotopic (exact) mass is 757 g/mol. The summed E-state index contributed by atoms with van der Waals surface area (Å²) in [5.74, 6) is -0.995. The standard InChI is InChI=1S/C48H75S.C3H6O2/c1-7-13-20-28-40-36-42(30-22-15-9-3)47(43(37-40)31-23-16-10-4)49(46-34-26-19-27-35-46)48-44(32-24-17-11-5)38-41(29-21-14-8-2)39-45(48)33-25-18-12-6;1-2-3(4)5/h19,26-27,34-39H,7-18,20-25,28-33H2,1-6H3;2H2,1H3,(H,4,5)/q+1;/p-1. The van der Waals surface area contributed by atoms with Gasteiger partial charge >= 0.3 is 0 Å². The molecule has 2 nitrogen and oxygen atoms in total. The molecule has 3 heteroatoms. The molecule has 0 bridgehead atoms. The van der Waals surface area contributed by atoms with Crippen molar-refractivity contribution >= 4 is 16.9 Å². The second-order valence-corrected chi connectivity index (χ2v) is 17.5. The summed E-state index contributed by atoms with van der Waals surface area (Å²) >= 11 is 0. The van der Waals surface area contributed by atoms with Gasteiger partial charge in [0.15, 0.2) is 14.7 Å². The molecule has 0 spiro atoms. The van der Waals surface area contributed by atoms with Crippen molar-refractivity contribution in [2.45, 2.75) is 224 Å². The van der Waals surface area contributed by atoms with Gasteiger partial charge in [0.1, 0.15) is 10.9 Å². The van der Waals surface area contributed by atoms with E-state index in [-0.39, 0.29) is 17.3 Å². The van der Waals surface area contributed by atoms with Crippen molar-refractivity contribution in [3.8, 4) is 0 Å². The molecule has 3 aromatic carbocycles. The number of benzene rings is 3. The first-order valence-corrected chi connectivity index (χ1v) is 23.9. The average molecular weight is 757 g/mol. The minimum Gasteiger partial charge on any atom is -0.550 e. The van der Waals surface area contributed by atoms with E-state index in [1.807, 2.05) is 0 Å². The minimum atomic E-state index is -0.995. The fourth-order valence-corrected chi connectivity index (χ4v) is 10.3. The summed E-state index contributed by atoms with van der Waals surface area (Å²) in [6.07, 6.45) is 30.9. The molecule has 0 fully saturated rings. The Morgan fingerprint density at radius 1 is 0.444 bits per heavy atom. The molecule has 0 aliphatic carbocycles. The van der Waals surface area contributed by atoms with Crippen LogP contribution < -0.4 is 5.11 Å². The Bertz CT molecular complexity index is 1270. The lowest BCUT2D eigenvalue weighted by atomic mass is 9.95. The normalized spacial score (nSPS) is 11.2. The number of rotatable bonds is 28. The lowest BCUT2D eigenvalue weighted by Crippen LogP contribution is -2.19. The number of hydrogen-bond acceptors (Lipinski definition) is 2. The first-order valence-electron chi connectivity index (χ1n) is 22.7. The van der Waals surface area contributed by atoms with Gasteiger partial charge in [-0.2, -0.15) is 0 Å². The zero-order valence-electron chi connectivity index (χ0n) is 36.1. The molecular formula is C51H80O2S. The molecule has 0 radical (unpaired) electrons. The van der Waals surface area contributed by atoms with Crippen LogP contribution in [0.2, 0.25) is 0 Å². The fourth-order valence-electron chi connectivity index (χ4n) is 7.52. The van der Waals surface area contributed by atoms with Crippen LogP contribution in [0.25, 0.3) is 0 Å². The Morgan fingerprint density at radius 2 is 0.722 bits per heavy atom. The smallest absolute Gasteiger partial charge is 0.172 e. The molecule has 302 valence electrons. The van der Waals surface area contributed by atoms with Gasteiger partial charge in [0.2, 0.25) is 0 Å². The summed E-state index contributed by atoms with van der Waals surface area (Å²) in [7, 11) is -0.114. The van der Waals surface area contributed by atoms with Gasteiger partial charge in [-0.25, -0.2) is 0 Å². The molecule has 3 rings (SSSR count). The highest BCUT2D eigenvalue weighted by atomic mass is 32.2. The van der Waals surface area contributed by atoms with Gasteiger partial charge in [-0.05, 0) is 107 Å². The second kappa shape index (κ2) is 29.7. The first kappa shape index (κ1) is 47.6. The summed E-state index contributed by atoms with van der Waals surface area (Å²) in [4.78, 5) is 14.2. The van der Waals surface area contributed by atoms with E-state index in [2.05, 4.69) is 96.1 Å². The van der Waals surface area contributed by atoms with Crippen molar-refractivity contribution < 1.29 is 9.90 Å². The number of unbranched alkanes of at least 4 members (excludes halogenated alkanes) is 12. The van der Waals surface area contributed by atoms with Crippen LogP contribution in [-0.4, -0.2) is 5.97 Å². The van der Waals surface area contributed by atoms with Gasteiger partial charge in [0, 0.05) is 28.2 Å². The molecule has 0 saturated carbocycles. The van der Waals surface area contributed by atoms with Crippen LogP contribution >= 0.6 is 0 Å². The van der Waals surface area contributed by atoms with Gasteiger partial charge in [-0.1, -0.05) is 168 Å². The van der Waals surface area contributed by atoms with E-state index in [0.29, 0.717) is 0 Å². The van der Waals surface area contributed by atoms with E-state index < -0.39 is 5.97 Å². The SMILES string of the molecule is CCC(=O)[O-].CCCCCc1cc(CCCCC)c([S+](c2ccccc2)c2c(CCCCC)cc(CCCCC)cc2CCCCC)c(CCCCC)c1. The largest absolute Gasteiger partial charge is 0.550 e. The van der Waals surface area contributed by atoms with Crippen LogP contribution in [0.4, 0.5) is 0 Å². The van der Waals surface area contributed by atoms with Crippen LogP contribution in [0.1, 0.15) is 204 Å². The zero-order chi connectivity index (χ0) is 39.4. The average Bonchev–Trinajstić information content (AvgIpc) is 3.17. The summed E-state index contributed by atoms with van der Waals surface area (Å²) in [5, 5.41) is 9.26. The highest BCUT2D eigenvalue weighted by Gasteiger charge is 2.38. The molecule has 0 saturated heterocycles. The second-order valence-electron chi connectivity index (χ2n) is 15.6. The highest BCUT2D eigenvalue weighted by Crippen LogP contribution is 2.42. The molecule has 3 aromatic rings. The molecule has 0 aliphatic heterocycles. The van der Waals surface area contributed by atoms with Gasteiger partial charge < -0.3 is 9.90 Å². The molecular weight excluding hydrogens is 677 g/mol. The van der Waals surface area contributed by atoms with Crippen molar-refractivity contribution in [3.63, 3.8) is 0 Å². The first-order chi connectivity index (χ1) is 26.4. The predicted molar refractivity (Wildman–Crippen MR) is 236 cm³/mol. The van der Waals surface area contributed by atoms with E-state index in [4.69, 9.17) is 0 Å². The van der Waals surface area contributed by atoms with Crippen molar-refractivity contribution in [2.75, 3.05) is 0 Å². The maximum atomic E-state index is 9.26. The quantitative estimate of drug-likeness (QED) is 0.0547. The van der Waals surface area contributed by atoms with Gasteiger partial charge in [-0.3, -0.25) is 0 Å². The highest BCUT2D eigenvalue weighted by molar-refractivity contribution is 7.97. The Hall–Kier alpha value is -2.52. The number of carboxylic acids is 1. The van der Waals surface area contributed by atoms with Gasteiger partial charge in [-0.15, -0.1) is 0 Å². The molecule has 0 unspecified atom stereocenters. The number of aryl methyl sites for hydroxylation is 6. The predicted octanol–water partition coefficient (Wildman–Crippen LogP) is 14.3. The van der Waals surface area contributed by atoms with Crippen LogP contribution in [0.3, 0.4) is 0 Å². The van der Waals surface area contributed by atoms with E-state index in [9.17, 15) is 9.90 Å². The summed E-state index contributed by atoms with van der Waals surface area (Å²) in [6.45, 7) is 15.7. The van der Waals surface area contributed by atoms with Crippen LogP contribution in [0, 0.1) is 0 Å². The zero-order valence-corrected chi connectivity index (χ0v) is 36.9. The molecule has 0 atom stereocenters. The number of hydrogen-bond donors (Lipinski definition) is 0. The van der Waals surface area contributed by atoms with Crippen molar-refractivity contribution in [1.82, 2.24) is 0 Å².